The monoisotopic (exact) mass is 390 g/mol. The average molecular weight is 391 g/mol. The SMILES string of the molecule is COc1cc(/C=C/C(=O)O[C@H](C)C(=O)Nc2ccc(Cl)cn2)cc(OC)c1. The summed E-state index contributed by atoms with van der Waals surface area (Å²) in [6.07, 6.45) is 3.16. The summed E-state index contributed by atoms with van der Waals surface area (Å²) < 4.78 is 15.4. The van der Waals surface area contributed by atoms with Gasteiger partial charge in [-0.3, -0.25) is 4.79 Å². The van der Waals surface area contributed by atoms with Crippen LogP contribution in [0.25, 0.3) is 6.08 Å². The highest BCUT2D eigenvalue weighted by Gasteiger charge is 2.17. The Hall–Kier alpha value is -3.06. The quantitative estimate of drug-likeness (QED) is 0.576. The minimum Gasteiger partial charge on any atom is -0.497 e. The van der Waals surface area contributed by atoms with Crippen molar-refractivity contribution in [2.75, 3.05) is 19.5 Å². The molecule has 8 heteroatoms. The lowest BCUT2D eigenvalue weighted by molar-refractivity contribution is -0.148. The molecule has 0 radical (unpaired) electrons. The summed E-state index contributed by atoms with van der Waals surface area (Å²) in [5.41, 5.74) is 0.686. The maximum absolute atomic E-state index is 12.1. The number of methoxy groups -OCH3 is 2. The number of esters is 1. The van der Waals surface area contributed by atoms with Gasteiger partial charge in [0.15, 0.2) is 6.10 Å². The van der Waals surface area contributed by atoms with Gasteiger partial charge in [-0.1, -0.05) is 11.6 Å². The van der Waals surface area contributed by atoms with E-state index in [4.69, 9.17) is 25.8 Å². The number of nitrogens with one attached hydrogen (secondary N) is 1. The predicted octanol–water partition coefficient (Wildman–Crippen LogP) is 3.34. The smallest absolute Gasteiger partial charge is 0.331 e. The number of hydrogen-bond acceptors (Lipinski definition) is 6. The molecule has 1 heterocycles. The molecule has 1 N–H and O–H groups in total. The van der Waals surface area contributed by atoms with E-state index in [2.05, 4.69) is 10.3 Å². The number of ether oxygens (including phenoxy) is 3. The van der Waals surface area contributed by atoms with Crippen LogP contribution in [0.15, 0.2) is 42.6 Å². The summed E-state index contributed by atoms with van der Waals surface area (Å²) in [6.45, 7) is 1.46. The molecule has 1 aromatic heterocycles. The lowest BCUT2D eigenvalue weighted by Gasteiger charge is -2.12. The highest BCUT2D eigenvalue weighted by Crippen LogP contribution is 2.23. The Labute approximate surface area is 161 Å². The second-order valence-corrected chi connectivity index (χ2v) is 5.85. The van der Waals surface area contributed by atoms with Crippen molar-refractivity contribution < 1.29 is 23.8 Å². The standard InChI is InChI=1S/C19H19ClN2O5/c1-12(19(24)22-17-6-5-14(20)11-21-17)27-18(23)7-4-13-8-15(25-2)10-16(9-13)26-3/h4-12H,1-3H3,(H,21,22,24)/b7-4+/t12-/m1/s1. The van der Waals surface area contributed by atoms with Crippen LogP contribution in [-0.2, 0) is 14.3 Å². The first-order valence-corrected chi connectivity index (χ1v) is 8.33. The number of rotatable bonds is 7. The van der Waals surface area contributed by atoms with Crippen molar-refractivity contribution in [3.8, 4) is 11.5 Å². The Morgan fingerprint density at radius 2 is 1.81 bits per heavy atom. The van der Waals surface area contributed by atoms with Crippen molar-refractivity contribution in [1.82, 2.24) is 4.98 Å². The fraction of sp³-hybridized carbons (Fsp3) is 0.211. The van der Waals surface area contributed by atoms with Gasteiger partial charge in [0, 0.05) is 18.3 Å². The molecular formula is C19H19ClN2O5. The van der Waals surface area contributed by atoms with Gasteiger partial charge in [-0.15, -0.1) is 0 Å². The molecule has 0 spiro atoms. The number of anilines is 1. The number of carbonyl (C=O) groups is 2. The molecule has 0 fully saturated rings. The van der Waals surface area contributed by atoms with Crippen molar-refractivity contribution in [3.63, 3.8) is 0 Å². The summed E-state index contributed by atoms with van der Waals surface area (Å²) in [7, 11) is 3.07. The minimum atomic E-state index is -1.00. The Morgan fingerprint density at radius 3 is 2.37 bits per heavy atom. The molecule has 27 heavy (non-hydrogen) atoms. The number of halogens is 1. The van der Waals surface area contributed by atoms with E-state index in [1.54, 1.807) is 36.4 Å². The molecule has 1 atom stereocenters. The van der Waals surface area contributed by atoms with Crippen molar-refractivity contribution in [3.05, 3.63) is 53.2 Å². The summed E-state index contributed by atoms with van der Waals surface area (Å²) in [5.74, 6) is 0.320. The third-order valence-electron chi connectivity index (χ3n) is 3.43. The Kier molecular flexibility index (Phi) is 7.19. The van der Waals surface area contributed by atoms with Crippen LogP contribution in [-0.4, -0.2) is 37.2 Å². The zero-order valence-electron chi connectivity index (χ0n) is 15.1. The molecule has 0 saturated heterocycles. The molecule has 1 aromatic carbocycles. The first-order valence-electron chi connectivity index (χ1n) is 7.95. The Balaban J connectivity index is 1.94. The number of carbonyl (C=O) groups excluding carboxylic acids is 2. The van der Waals surface area contributed by atoms with E-state index in [1.807, 2.05) is 0 Å². The van der Waals surface area contributed by atoms with Crippen molar-refractivity contribution in [1.29, 1.82) is 0 Å². The van der Waals surface area contributed by atoms with Gasteiger partial charge in [-0.25, -0.2) is 9.78 Å². The largest absolute Gasteiger partial charge is 0.497 e. The van der Waals surface area contributed by atoms with Crippen LogP contribution >= 0.6 is 11.6 Å². The number of aromatic nitrogens is 1. The fourth-order valence-electron chi connectivity index (χ4n) is 2.03. The molecule has 142 valence electrons. The molecule has 0 saturated carbocycles. The maximum atomic E-state index is 12.1. The van der Waals surface area contributed by atoms with Crippen molar-refractivity contribution >= 4 is 35.4 Å². The Bertz CT molecular complexity index is 814. The van der Waals surface area contributed by atoms with Gasteiger partial charge in [0.25, 0.3) is 5.91 Å². The molecule has 0 aliphatic carbocycles. The number of benzene rings is 1. The fourth-order valence-corrected chi connectivity index (χ4v) is 2.15. The van der Waals surface area contributed by atoms with Gasteiger partial charge in [0.2, 0.25) is 0 Å². The highest BCUT2D eigenvalue weighted by molar-refractivity contribution is 6.30. The van der Waals surface area contributed by atoms with Crippen LogP contribution in [0.5, 0.6) is 11.5 Å². The zero-order valence-corrected chi connectivity index (χ0v) is 15.8. The number of amides is 1. The topological polar surface area (TPSA) is 86.8 Å². The van der Waals surface area contributed by atoms with Gasteiger partial charge in [-0.2, -0.15) is 0 Å². The van der Waals surface area contributed by atoms with E-state index in [-0.39, 0.29) is 0 Å². The van der Waals surface area contributed by atoms with Crippen LogP contribution in [0, 0.1) is 0 Å². The first-order chi connectivity index (χ1) is 12.9. The normalized spacial score (nSPS) is 11.7. The van der Waals surface area contributed by atoms with Gasteiger partial charge in [0.05, 0.1) is 19.2 Å². The molecular weight excluding hydrogens is 372 g/mol. The average Bonchev–Trinajstić information content (AvgIpc) is 2.67. The van der Waals surface area contributed by atoms with E-state index < -0.39 is 18.0 Å². The maximum Gasteiger partial charge on any atom is 0.331 e. The van der Waals surface area contributed by atoms with Crippen molar-refractivity contribution in [2.45, 2.75) is 13.0 Å². The van der Waals surface area contributed by atoms with Crippen LogP contribution in [0.4, 0.5) is 5.82 Å². The van der Waals surface area contributed by atoms with E-state index in [1.165, 1.54) is 33.4 Å². The van der Waals surface area contributed by atoms with Crippen LogP contribution in [0.2, 0.25) is 5.02 Å². The summed E-state index contributed by atoms with van der Waals surface area (Å²) in [5, 5.41) is 2.99. The third-order valence-corrected chi connectivity index (χ3v) is 3.65. The van der Waals surface area contributed by atoms with Gasteiger partial charge in [-0.05, 0) is 42.8 Å². The second-order valence-electron chi connectivity index (χ2n) is 5.41. The van der Waals surface area contributed by atoms with Crippen LogP contribution in [0.3, 0.4) is 0 Å². The summed E-state index contributed by atoms with van der Waals surface area (Å²) in [6, 6.07) is 8.31. The molecule has 1 amide bonds. The molecule has 2 rings (SSSR count). The molecule has 0 bridgehead atoms. The predicted molar refractivity (Wildman–Crippen MR) is 102 cm³/mol. The zero-order chi connectivity index (χ0) is 19.8. The lowest BCUT2D eigenvalue weighted by atomic mass is 10.2. The second kappa shape index (κ2) is 9.59. The highest BCUT2D eigenvalue weighted by atomic mass is 35.5. The minimum absolute atomic E-state index is 0.311. The van der Waals surface area contributed by atoms with Gasteiger partial charge in [0.1, 0.15) is 17.3 Å². The molecule has 0 unspecified atom stereocenters. The van der Waals surface area contributed by atoms with E-state index in [9.17, 15) is 9.59 Å². The first kappa shape index (κ1) is 20.3. The van der Waals surface area contributed by atoms with Gasteiger partial charge >= 0.3 is 5.97 Å². The van der Waals surface area contributed by atoms with Crippen LogP contribution in [0.1, 0.15) is 12.5 Å². The Morgan fingerprint density at radius 1 is 1.15 bits per heavy atom. The summed E-state index contributed by atoms with van der Waals surface area (Å²) in [4.78, 5) is 28.0. The van der Waals surface area contributed by atoms with Crippen LogP contribution < -0.4 is 14.8 Å². The number of nitrogens with zero attached hydrogens (tertiary/aromatic N) is 1. The molecule has 0 aliphatic rings. The molecule has 0 aliphatic heterocycles. The van der Waals surface area contributed by atoms with Gasteiger partial charge < -0.3 is 19.5 Å². The third kappa shape index (κ3) is 6.31. The summed E-state index contributed by atoms with van der Waals surface area (Å²) >= 11 is 5.74. The van der Waals surface area contributed by atoms with E-state index in [0.717, 1.165) is 0 Å². The molecule has 7 nitrogen and oxygen atoms in total. The number of pyridine rings is 1. The molecule has 2 aromatic rings. The van der Waals surface area contributed by atoms with Crippen molar-refractivity contribution in [2.24, 2.45) is 0 Å². The van der Waals surface area contributed by atoms with E-state index in [0.29, 0.717) is 27.9 Å². The number of hydrogen-bond donors (Lipinski definition) is 1. The lowest BCUT2D eigenvalue weighted by Crippen LogP contribution is -2.29. The van der Waals surface area contributed by atoms with E-state index >= 15 is 0 Å².